The maximum Gasteiger partial charge on any atom is 0.0796 e. The highest BCUT2D eigenvalue weighted by molar-refractivity contribution is 9.10. The van der Waals surface area contributed by atoms with E-state index in [1.165, 1.54) is 0 Å². The molecule has 1 aromatic heterocycles. The van der Waals surface area contributed by atoms with Crippen molar-refractivity contribution in [1.29, 1.82) is 0 Å². The van der Waals surface area contributed by atoms with Crippen LogP contribution in [0, 0.1) is 6.92 Å². The van der Waals surface area contributed by atoms with Crippen molar-refractivity contribution in [3.05, 3.63) is 15.9 Å². The van der Waals surface area contributed by atoms with Crippen LogP contribution >= 0.6 is 15.9 Å². The highest BCUT2D eigenvalue weighted by Crippen LogP contribution is 2.24. The zero-order valence-electron chi connectivity index (χ0n) is 9.42. The van der Waals surface area contributed by atoms with E-state index in [9.17, 15) is 5.11 Å². The molecular formula is C10H18BrN3O. The Morgan fingerprint density at radius 1 is 1.60 bits per heavy atom. The minimum Gasteiger partial charge on any atom is -0.388 e. The Hall–Kier alpha value is -0.390. The molecule has 0 aliphatic carbocycles. The Bertz CT molecular complexity index is 347. The first-order valence-electron chi connectivity index (χ1n) is 5.05. The van der Waals surface area contributed by atoms with Crippen LogP contribution in [0.2, 0.25) is 0 Å². The van der Waals surface area contributed by atoms with Gasteiger partial charge in [-0.25, -0.2) is 0 Å². The van der Waals surface area contributed by atoms with E-state index in [1.54, 1.807) is 6.92 Å². The minimum atomic E-state index is -0.873. The lowest BCUT2D eigenvalue weighted by Gasteiger charge is -2.21. The van der Waals surface area contributed by atoms with Gasteiger partial charge in [-0.15, -0.1) is 0 Å². The Morgan fingerprint density at radius 3 is 2.67 bits per heavy atom. The molecule has 1 heterocycles. The lowest BCUT2D eigenvalue weighted by molar-refractivity contribution is 0.0672. The van der Waals surface area contributed by atoms with Crippen LogP contribution in [0.3, 0.4) is 0 Å². The Balaban J connectivity index is 3.03. The van der Waals surface area contributed by atoms with Crippen molar-refractivity contribution in [2.24, 2.45) is 5.73 Å². The van der Waals surface area contributed by atoms with Gasteiger partial charge in [-0.1, -0.05) is 0 Å². The van der Waals surface area contributed by atoms with E-state index in [4.69, 9.17) is 5.73 Å². The first-order valence-corrected chi connectivity index (χ1v) is 5.85. The molecule has 3 N–H and O–H groups in total. The predicted octanol–water partition coefficient (Wildman–Crippen LogP) is 1.23. The van der Waals surface area contributed by atoms with Crippen molar-refractivity contribution in [3.8, 4) is 0 Å². The lowest BCUT2D eigenvalue weighted by Crippen LogP contribution is -2.37. The summed E-state index contributed by atoms with van der Waals surface area (Å²) in [5, 5.41) is 14.3. The number of hydrogen-bond donors (Lipinski definition) is 2. The number of halogens is 1. The molecular weight excluding hydrogens is 258 g/mol. The van der Waals surface area contributed by atoms with E-state index < -0.39 is 5.60 Å². The normalized spacial score (nSPS) is 15.3. The van der Waals surface area contributed by atoms with Gasteiger partial charge in [0.15, 0.2) is 0 Å². The fourth-order valence-corrected chi connectivity index (χ4v) is 1.89. The molecule has 0 amide bonds. The van der Waals surface area contributed by atoms with Crippen molar-refractivity contribution in [1.82, 2.24) is 9.78 Å². The summed E-state index contributed by atoms with van der Waals surface area (Å²) in [5.41, 5.74) is 6.58. The summed E-state index contributed by atoms with van der Waals surface area (Å²) in [5.74, 6) is 0. The Labute approximate surface area is 98.6 Å². The number of aryl methyl sites for hydroxylation is 2. The van der Waals surface area contributed by atoms with Crippen molar-refractivity contribution in [2.45, 2.75) is 39.3 Å². The van der Waals surface area contributed by atoms with Crippen LogP contribution in [-0.2, 0) is 13.0 Å². The molecule has 0 aromatic carbocycles. The fourth-order valence-electron chi connectivity index (χ4n) is 1.47. The topological polar surface area (TPSA) is 64.1 Å². The van der Waals surface area contributed by atoms with E-state index in [2.05, 4.69) is 21.0 Å². The van der Waals surface area contributed by atoms with Crippen LogP contribution in [0.4, 0.5) is 0 Å². The van der Waals surface area contributed by atoms with Gasteiger partial charge in [-0.05, 0) is 36.7 Å². The average molecular weight is 276 g/mol. The number of aliphatic hydroxyl groups is 1. The molecule has 0 saturated heterocycles. The van der Waals surface area contributed by atoms with Gasteiger partial charge in [0.2, 0.25) is 0 Å². The molecule has 1 atom stereocenters. The molecule has 0 spiro atoms. The third-order valence-electron chi connectivity index (χ3n) is 2.44. The van der Waals surface area contributed by atoms with Gasteiger partial charge >= 0.3 is 0 Å². The maximum atomic E-state index is 9.94. The molecule has 1 rings (SSSR count). The zero-order valence-corrected chi connectivity index (χ0v) is 11.0. The van der Waals surface area contributed by atoms with Crippen molar-refractivity contribution >= 4 is 15.9 Å². The van der Waals surface area contributed by atoms with Gasteiger partial charge in [0.25, 0.3) is 0 Å². The van der Waals surface area contributed by atoms with Crippen LogP contribution in [0.1, 0.15) is 25.2 Å². The first-order chi connectivity index (χ1) is 6.91. The summed E-state index contributed by atoms with van der Waals surface area (Å²) in [6.07, 6.45) is 0.513. The third-order valence-corrected chi connectivity index (χ3v) is 3.47. The molecule has 86 valence electrons. The second-order valence-corrected chi connectivity index (χ2v) is 4.83. The van der Waals surface area contributed by atoms with Crippen molar-refractivity contribution in [3.63, 3.8) is 0 Å². The summed E-state index contributed by atoms with van der Waals surface area (Å²) in [6.45, 7) is 6.74. The number of nitrogens with two attached hydrogens (primary N) is 1. The average Bonchev–Trinajstić information content (AvgIpc) is 2.45. The molecule has 0 fully saturated rings. The van der Waals surface area contributed by atoms with Crippen LogP contribution in [0.15, 0.2) is 4.47 Å². The van der Waals surface area contributed by atoms with E-state index in [0.29, 0.717) is 6.42 Å². The summed E-state index contributed by atoms with van der Waals surface area (Å²) in [4.78, 5) is 0. The van der Waals surface area contributed by atoms with Crippen LogP contribution in [0.25, 0.3) is 0 Å². The highest BCUT2D eigenvalue weighted by atomic mass is 79.9. The van der Waals surface area contributed by atoms with Crippen LogP contribution in [-0.4, -0.2) is 27.0 Å². The van der Waals surface area contributed by atoms with Gasteiger partial charge in [0.1, 0.15) is 0 Å². The lowest BCUT2D eigenvalue weighted by atomic mass is 10.0. The zero-order chi connectivity index (χ0) is 11.6. The molecule has 0 aliphatic rings. The number of nitrogens with zero attached hydrogens (tertiary/aromatic N) is 2. The van der Waals surface area contributed by atoms with E-state index in [1.807, 2.05) is 18.5 Å². The van der Waals surface area contributed by atoms with Crippen LogP contribution in [0.5, 0.6) is 0 Å². The standard InChI is InChI=1S/C10H18BrN3O/c1-4-14-8(5-10(3,15)6-12)9(11)7(2)13-14/h15H,4-6,12H2,1-3H3. The highest BCUT2D eigenvalue weighted by Gasteiger charge is 2.23. The van der Waals surface area contributed by atoms with E-state index in [-0.39, 0.29) is 6.54 Å². The molecule has 4 nitrogen and oxygen atoms in total. The SMILES string of the molecule is CCn1nc(C)c(Br)c1CC(C)(O)CN. The summed E-state index contributed by atoms with van der Waals surface area (Å²) in [7, 11) is 0. The predicted molar refractivity (Wildman–Crippen MR) is 63.7 cm³/mol. The number of aromatic nitrogens is 2. The second kappa shape index (κ2) is 4.63. The maximum absolute atomic E-state index is 9.94. The molecule has 15 heavy (non-hydrogen) atoms. The smallest absolute Gasteiger partial charge is 0.0796 e. The molecule has 0 radical (unpaired) electrons. The van der Waals surface area contributed by atoms with Crippen molar-refractivity contribution in [2.75, 3.05) is 6.54 Å². The molecule has 1 aromatic rings. The minimum absolute atomic E-state index is 0.243. The van der Waals surface area contributed by atoms with Gasteiger partial charge in [0.05, 0.1) is 21.5 Å². The van der Waals surface area contributed by atoms with Crippen LogP contribution < -0.4 is 5.73 Å². The van der Waals surface area contributed by atoms with E-state index >= 15 is 0 Å². The molecule has 0 bridgehead atoms. The van der Waals surface area contributed by atoms with Gasteiger partial charge < -0.3 is 10.8 Å². The largest absolute Gasteiger partial charge is 0.388 e. The molecule has 5 heteroatoms. The summed E-state index contributed by atoms with van der Waals surface area (Å²) >= 11 is 3.49. The fraction of sp³-hybridized carbons (Fsp3) is 0.700. The number of rotatable bonds is 4. The first kappa shape index (κ1) is 12.7. The van der Waals surface area contributed by atoms with Gasteiger partial charge in [0, 0.05) is 19.5 Å². The summed E-state index contributed by atoms with van der Waals surface area (Å²) in [6, 6.07) is 0. The summed E-state index contributed by atoms with van der Waals surface area (Å²) < 4.78 is 2.86. The molecule has 0 saturated carbocycles. The Kier molecular flexibility index (Phi) is 3.92. The monoisotopic (exact) mass is 275 g/mol. The third kappa shape index (κ3) is 2.80. The van der Waals surface area contributed by atoms with Gasteiger partial charge in [-0.3, -0.25) is 4.68 Å². The van der Waals surface area contributed by atoms with E-state index in [0.717, 1.165) is 22.4 Å². The van der Waals surface area contributed by atoms with Gasteiger partial charge in [-0.2, -0.15) is 5.10 Å². The molecule has 1 unspecified atom stereocenters. The Morgan fingerprint density at radius 2 is 2.20 bits per heavy atom. The second-order valence-electron chi connectivity index (χ2n) is 4.04. The molecule has 0 aliphatic heterocycles. The van der Waals surface area contributed by atoms with Crippen molar-refractivity contribution < 1.29 is 5.11 Å². The quantitative estimate of drug-likeness (QED) is 0.869. The number of hydrogen-bond acceptors (Lipinski definition) is 3.